The number of nitrogens with two attached hydrogens (primary N) is 1. The highest BCUT2D eigenvalue weighted by Crippen LogP contribution is 2.08. The second-order valence-corrected chi connectivity index (χ2v) is 3.92. The van der Waals surface area contributed by atoms with Crippen molar-refractivity contribution in [2.75, 3.05) is 13.2 Å². The highest BCUT2D eigenvalue weighted by Gasteiger charge is 1.98. The molecule has 0 aromatic heterocycles. The maximum absolute atomic E-state index is 10.1. The fourth-order valence-corrected chi connectivity index (χ4v) is 1.26. The van der Waals surface area contributed by atoms with E-state index in [9.17, 15) is 9.59 Å². The summed E-state index contributed by atoms with van der Waals surface area (Å²) in [5.41, 5.74) is 4.78. The molecule has 0 bridgehead atoms. The standard InChI is InChI=1S/C10H18O4.C2H7NO/c11-9(12)7-5-3-1-2-4-6-8-10(13)14;3-1-2-4/h1-8H2,(H,11,12)(H,13,14);4H,1-3H2. The van der Waals surface area contributed by atoms with Crippen LogP contribution in [-0.4, -0.2) is 40.4 Å². The molecule has 6 heteroatoms. The molecule has 0 saturated carbocycles. The van der Waals surface area contributed by atoms with E-state index in [4.69, 9.17) is 21.1 Å². The molecular formula is C12H25NO5. The lowest BCUT2D eigenvalue weighted by atomic mass is 10.1. The van der Waals surface area contributed by atoms with E-state index in [-0.39, 0.29) is 19.4 Å². The minimum Gasteiger partial charge on any atom is -0.481 e. The number of carbonyl (C=O) groups is 2. The predicted octanol–water partition coefficient (Wildman–Crippen LogP) is 1.21. The molecule has 0 atom stereocenters. The van der Waals surface area contributed by atoms with Crippen LogP contribution < -0.4 is 5.73 Å². The van der Waals surface area contributed by atoms with Crippen LogP contribution in [0.4, 0.5) is 0 Å². The summed E-state index contributed by atoms with van der Waals surface area (Å²) in [7, 11) is 0. The van der Waals surface area contributed by atoms with Crippen molar-refractivity contribution in [2.45, 2.75) is 51.4 Å². The molecule has 0 amide bonds. The molecule has 0 unspecified atom stereocenters. The number of carboxylic acid groups (broad SMARTS) is 2. The Morgan fingerprint density at radius 1 is 0.778 bits per heavy atom. The minimum absolute atomic E-state index is 0.0972. The minimum atomic E-state index is -0.740. The van der Waals surface area contributed by atoms with Crippen LogP contribution in [0.3, 0.4) is 0 Å². The van der Waals surface area contributed by atoms with Gasteiger partial charge in [-0.2, -0.15) is 0 Å². The number of unbranched alkanes of at least 4 members (excludes halogenated alkanes) is 5. The fraction of sp³-hybridized carbons (Fsp3) is 0.833. The van der Waals surface area contributed by atoms with Gasteiger partial charge >= 0.3 is 11.9 Å². The SMILES string of the molecule is NCCO.O=C(O)CCCCCCCCC(=O)O. The maximum Gasteiger partial charge on any atom is 0.303 e. The van der Waals surface area contributed by atoms with Gasteiger partial charge in [0.05, 0.1) is 6.61 Å². The number of aliphatic hydroxyl groups excluding tert-OH is 1. The van der Waals surface area contributed by atoms with Gasteiger partial charge in [-0.25, -0.2) is 0 Å². The monoisotopic (exact) mass is 263 g/mol. The van der Waals surface area contributed by atoms with Gasteiger partial charge in [0.2, 0.25) is 0 Å². The fourth-order valence-electron chi connectivity index (χ4n) is 1.26. The molecule has 0 aliphatic rings. The van der Waals surface area contributed by atoms with E-state index in [0.29, 0.717) is 6.54 Å². The number of hydrogen-bond acceptors (Lipinski definition) is 4. The highest BCUT2D eigenvalue weighted by atomic mass is 16.4. The highest BCUT2D eigenvalue weighted by molar-refractivity contribution is 5.66. The second kappa shape index (κ2) is 15.9. The Hall–Kier alpha value is -1.14. The summed E-state index contributed by atoms with van der Waals surface area (Å²) in [5, 5.41) is 24.5. The van der Waals surface area contributed by atoms with Crippen molar-refractivity contribution in [1.82, 2.24) is 0 Å². The Labute approximate surface area is 108 Å². The van der Waals surface area contributed by atoms with Crippen LogP contribution in [0.15, 0.2) is 0 Å². The van der Waals surface area contributed by atoms with Gasteiger partial charge in [0.1, 0.15) is 0 Å². The number of aliphatic carboxylic acids is 2. The molecule has 108 valence electrons. The zero-order valence-electron chi connectivity index (χ0n) is 10.8. The van der Waals surface area contributed by atoms with Crippen molar-refractivity contribution in [3.05, 3.63) is 0 Å². The smallest absolute Gasteiger partial charge is 0.303 e. The average molecular weight is 263 g/mol. The van der Waals surface area contributed by atoms with Crippen LogP contribution in [0, 0.1) is 0 Å². The Morgan fingerprint density at radius 3 is 1.28 bits per heavy atom. The van der Waals surface area contributed by atoms with Gasteiger partial charge in [0.15, 0.2) is 0 Å². The molecule has 0 aromatic rings. The normalized spacial score (nSPS) is 9.44. The van der Waals surface area contributed by atoms with E-state index in [1.54, 1.807) is 0 Å². The van der Waals surface area contributed by atoms with Crippen LogP contribution in [-0.2, 0) is 9.59 Å². The van der Waals surface area contributed by atoms with Crippen LogP contribution >= 0.6 is 0 Å². The van der Waals surface area contributed by atoms with Crippen molar-refractivity contribution in [1.29, 1.82) is 0 Å². The Balaban J connectivity index is 0. The number of hydrogen-bond donors (Lipinski definition) is 4. The van der Waals surface area contributed by atoms with Crippen LogP contribution in [0.1, 0.15) is 51.4 Å². The van der Waals surface area contributed by atoms with E-state index in [0.717, 1.165) is 38.5 Å². The summed E-state index contributed by atoms with van der Waals surface area (Å²) in [6.45, 7) is 0.472. The lowest BCUT2D eigenvalue weighted by Crippen LogP contribution is -2.02. The van der Waals surface area contributed by atoms with E-state index >= 15 is 0 Å². The van der Waals surface area contributed by atoms with E-state index < -0.39 is 11.9 Å². The first-order valence-corrected chi connectivity index (χ1v) is 6.29. The van der Waals surface area contributed by atoms with Crippen LogP contribution in [0.5, 0.6) is 0 Å². The predicted molar refractivity (Wildman–Crippen MR) is 68.3 cm³/mol. The summed E-state index contributed by atoms with van der Waals surface area (Å²) in [6.07, 6.45) is 5.82. The van der Waals surface area contributed by atoms with Gasteiger partial charge in [0, 0.05) is 19.4 Å². The molecule has 0 saturated heterocycles. The summed E-state index contributed by atoms with van der Waals surface area (Å²) < 4.78 is 0. The van der Waals surface area contributed by atoms with Crippen molar-refractivity contribution in [3.8, 4) is 0 Å². The average Bonchev–Trinajstić information content (AvgIpc) is 2.32. The Bertz CT molecular complexity index is 187. The molecule has 18 heavy (non-hydrogen) atoms. The molecule has 0 rings (SSSR count). The molecule has 0 aliphatic carbocycles. The maximum atomic E-state index is 10.1. The van der Waals surface area contributed by atoms with Gasteiger partial charge in [-0.3, -0.25) is 9.59 Å². The Morgan fingerprint density at radius 2 is 1.06 bits per heavy atom. The lowest BCUT2D eigenvalue weighted by Gasteiger charge is -1.98. The zero-order valence-corrected chi connectivity index (χ0v) is 10.8. The Kier molecular flexibility index (Phi) is 16.9. The third-order valence-corrected chi connectivity index (χ3v) is 2.16. The molecule has 0 fully saturated rings. The first-order chi connectivity index (χ1) is 8.54. The van der Waals surface area contributed by atoms with E-state index in [1.165, 1.54) is 0 Å². The lowest BCUT2D eigenvalue weighted by molar-refractivity contribution is -0.138. The first-order valence-electron chi connectivity index (χ1n) is 6.29. The van der Waals surface area contributed by atoms with Crippen molar-refractivity contribution >= 4 is 11.9 Å². The van der Waals surface area contributed by atoms with Crippen LogP contribution in [0.2, 0.25) is 0 Å². The van der Waals surface area contributed by atoms with E-state index in [2.05, 4.69) is 0 Å². The molecule has 0 aliphatic heterocycles. The van der Waals surface area contributed by atoms with Crippen molar-refractivity contribution in [2.24, 2.45) is 5.73 Å². The summed E-state index contributed by atoms with van der Waals surface area (Å²) in [5.74, 6) is -1.48. The molecule has 0 aromatic carbocycles. The second-order valence-electron chi connectivity index (χ2n) is 3.92. The first kappa shape index (κ1) is 19.2. The third kappa shape index (κ3) is 24.2. The van der Waals surface area contributed by atoms with E-state index in [1.807, 2.05) is 0 Å². The number of aliphatic hydroxyl groups is 1. The molecule has 5 N–H and O–H groups in total. The van der Waals surface area contributed by atoms with Crippen molar-refractivity contribution in [3.63, 3.8) is 0 Å². The summed E-state index contributed by atoms with van der Waals surface area (Å²) in [4.78, 5) is 20.3. The quantitative estimate of drug-likeness (QED) is 0.440. The third-order valence-electron chi connectivity index (χ3n) is 2.16. The molecule has 0 radical (unpaired) electrons. The van der Waals surface area contributed by atoms with Gasteiger partial charge in [0.25, 0.3) is 0 Å². The van der Waals surface area contributed by atoms with Gasteiger partial charge < -0.3 is 21.1 Å². The van der Waals surface area contributed by atoms with Gasteiger partial charge in [-0.1, -0.05) is 25.7 Å². The molecule has 0 spiro atoms. The number of rotatable bonds is 10. The van der Waals surface area contributed by atoms with Gasteiger partial charge in [-0.05, 0) is 12.8 Å². The summed E-state index contributed by atoms with van der Waals surface area (Å²) in [6, 6.07) is 0. The summed E-state index contributed by atoms with van der Waals surface area (Å²) >= 11 is 0. The largest absolute Gasteiger partial charge is 0.481 e. The van der Waals surface area contributed by atoms with Crippen LogP contribution in [0.25, 0.3) is 0 Å². The van der Waals surface area contributed by atoms with Crippen molar-refractivity contribution < 1.29 is 24.9 Å². The molecule has 6 nitrogen and oxygen atoms in total. The molecular weight excluding hydrogens is 238 g/mol. The molecule has 0 heterocycles. The number of carboxylic acids is 2. The topological polar surface area (TPSA) is 121 Å². The van der Waals surface area contributed by atoms with Gasteiger partial charge in [-0.15, -0.1) is 0 Å². The zero-order chi connectivity index (χ0) is 14.2.